The van der Waals surface area contributed by atoms with Crippen LogP contribution in [0.1, 0.15) is 50.9 Å². The molecule has 1 saturated carbocycles. The predicted molar refractivity (Wildman–Crippen MR) is 74.4 cm³/mol. The van der Waals surface area contributed by atoms with Crippen LogP contribution in [0.5, 0.6) is 0 Å². The van der Waals surface area contributed by atoms with E-state index in [9.17, 15) is 0 Å². The van der Waals surface area contributed by atoms with Gasteiger partial charge < -0.3 is 9.73 Å². The maximum Gasteiger partial charge on any atom is 0.122 e. The summed E-state index contributed by atoms with van der Waals surface area (Å²) in [5, 5.41) is 3.42. The van der Waals surface area contributed by atoms with Crippen LogP contribution in [0.15, 0.2) is 16.7 Å². The van der Waals surface area contributed by atoms with Crippen LogP contribution >= 0.6 is 0 Å². The van der Waals surface area contributed by atoms with Crippen molar-refractivity contribution in [2.24, 2.45) is 0 Å². The van der Waals surface area contributed by atoms with Crippen LogP contribution in [0, 0.1) is 0 Å². The van der Waals surface area contributed by atoms with Gasteiger partial charge in [0.15, 0.2) is 0 Å². The molecule has 3 heteroatoms. The van der Waals surface area contributed by atoms with Crippen molar-refractivity contribution in [3.8, 4) is 0 Å². The van der Waals surface area contributed by atoms with Crippen LogP contribution in [0.3, 0.4) is 0 Å². The Hall–Kier alpha value is -0.800. The van der Waals surface area contributed by atoms with Gasteiger partial charge in [-0.05, 0) is 44.8 Å². The molecule has 0 unspecified atom stereocenters. The first kappa shape index (κ1) is 13.6. The molecule has 1 heterocycles. The summed E-state index contributed by atoms with van der Waals surface area (Å²) < 4.78 is 5.60. The fourth-order valence-corrected chi connectivity index (χ4v) is 2.38. The monoisotopic (exact) mass is 250 g/mol. The molecular formula is C15H26N2O. The second-order valence-electron chi connectivity index (χ2n) is 5.25. The average molecular weight is 250 g/mol. The summed E-state index contributed by atoms with van der Waals surface area (Å²) in [6.45, 7) is 8.62. The first-order valence-corrected chi connectivity index (χ1v) is 7.35. The topological polar surface area (TPSA) is 28.4 Å². The van der Waals surface area contributed by atoms with Crippen LogP contribution in [0.4, 0.5) is 0 Å². The van der Waals surface area contributed by atoms with Gasteiger partial charge in [0.25, 0.3) is 0 Å². The van der Waals surface area contributed by atoms with Gasteiger partial charge in [-0.2, -0.15) is 0 Å². The van der Waals surface area contributed by atoms with E-state index >= 15 is 0 Å². The van der Waals surface area contributed by atoms with Crippen molar-refractivity contribution in [2.45, 2.75) is 58.7 Å². The van der Waals surface area contributed by atoms with Crippen LogP contribution in [0.2, 0.25) is 0 Å². The third-order valence-corrected chi connectivity index (χ3v) is 3.50. The molecule has 0 aliphatic heterocycles. The van der Waals surface area contributed by atoms with Crippen molar-refractivity contribution in [1.82, 2.24) is 10.2 Å². The molecule has 0 saturated heterocycles. The number of nitrogens with zero attached hydrogens (tertiary/aromatic N) is 1. The van der Waals surface area contributed by atoms with Crippen LogP contribution in [0.25, 0.3) is 0 Å². The number of rotatable bonds is 9. The molecule has 1 aromatic heterocycles. The maximum absolute atomic E-state index is 5.60. The van der Waals surface area contributed by atoms with Crippen LogP contribution in [-0.2, 0) is 13.1 Å². The molecule has 0 bridgehead atoms. The predicted octanol–water partition coefficient (Wildman–Crippen LogP) is 3.15. The normalized spacial score (nSPS) is 15.5. The summed E-state index contributed by atoms with van der Waals surface area (Å²) in [5.74, 6) is 1.12. The van der Waals surface area contributed by atoms with E-state index in [4.69, 9.17) is 4.42 Å². The highest BCUT2D eigenvalue weighted by atomic mass is 16.3. The Morgan fingerprint density at radius 2 is 2.17 bits per heavy atom. The Bertz CT molecular complexity index is 344. The minimum atomic E-state index is 0.830. The van der Waals surface area contributed by atoms with Gasteiger partial charge in [-0.3, -0.25) is 4.90 Å². The highest BCUT2D eigenvalue weighted by Gasteiger charge is 2.28. The summed E-state index contributed by atoms with van der Waals surface area (Å²) in [6, 6.07) is 2.96. The Kier molecular flexibility index (Phi) is 5.26. The van der Waals surface area contributed by atoms with Gasteiger partial charge >= 0.3 is 0 Å². The first-order chi connectivity index (χ1) is 8.85. The molecule has 1 aliphatic rings. The van der Waals surface area contributed by atoms with E-state index in [-0.39, 0.29) is 0 Å². The van der Waals surface area contributed by atoms with Crippen LogP contribution < -0.4 is 5.32 Å². The molecule has 18 heavy (non-hydrogen) atoms. The van der Waals surface area contributed by atoms with Gasteiger partial charge in [-0.25, -0.2) is 0 Å². The summed E-state index contributed by atoms with van der Waals surface area (Å²) in [5.41, 5.74) is 1.36. The van der Waals surface area contributed by atoms with Crippen molar-refractivity contribution in [2.75, 3.05) is 13.1 Å². The fourth-order valence-electron chi connectivity index (χ4n) is 2.38. The zero-order valence-electron chi connectivity index (χ0n) is 11.7. The molecule has 1 aliphatic carbocycles. The second-order valence-corrected chi connectivity index (χ2v) is 5.25. The van der Waals surface area contributed by atoms with E-state index in [1.807, 2.05) is 6.26 Å². The Morgan fingerprint density at radius 1 is 1.33 bits per heavy atom. The lowest BCUT2D eigenvalue weighted by atomic mass is 10.2. The molecule has 0 atom stereocenters. The van der Waals surface area contributed by atoms with E-state index in [0.29, 0.717) is 0 Å². The molecule has 3 nitrogen and oxygen atoms in total. The first-order valence-electron chi connectivity index (χ1n) is 7.35. The fraction of sp³-hybridized carbons (Fsp3) is 0.733. The number of nitrogens with one attached hydrogen (secondary N) is 1. The molecular weight excluding hydrogens is 224 g/mol. The standard InChI is InChI=1S/C15H26N2O/c1-3-8-16-11-15-13(7-10-18-15)12-17(9-4-2)14-5-6-14/h7,10,14,16H,3-6,8-9,11-12H2,1-2H3. The highest BCUT2D eigenvalue weighted by Crippen LogP contribution is 2.29. The lowest BCUT2D eigenvalue weighted by molar-refractivity contribution is 0.253. The van der Waals surface area contributed by atoms with Gasteiger partial charge in [0, 0.05) is 18.2 Å². The molecule has 1 fully saturated rings. The SMILES string of the molecule is CCCNCc1occc1CN(CCC)C1CC1. The van der Waals surface area contributed by atoms with Gasteiger partial charge in [0.1, 0.15) is 5.76 Å². The zero-order chi connectivity index (χ0) is 12.8. The third-order valence-electron chi connectivity index (χ3n) is 3.50. The van der Waals surface area contributed by atoms with E-state index in [1.54, 1.807) is 0 Å². The van der Waals surface area contributed by atoms with Crippen molar-refractivity contribution < 1.29 is 4.42 Å². The maximum atomic E-state index is 5.60. The quantitative estimate of drug-likeness (QED) is 0.682. The average Bonchev–Trinajstić information content (AvgIpc) is 3.12. The Morgan fingerprint density at radius 3 is 2.83 bits per heavy atom. The minimum absolute atomic E-state index is 0.830. The second kappa shape index (κ2) is 6.95. The van der Waals surface area contributed by atoms with E-state index in [2.05, 4.69) is 30.1 Å². The molecule has 0 spiro atoms. The van der Waals surface area contributed by atoms with Gasteiger partial charge in [-0.1, -0.05) is 13.8 Å². The molecule has 1 aromatic rings. The van der Waals surface area contributed by atoms with Crippen molar-refractivity contribution in [1.29, 1.82) is 0 Å². The zero-order valence-corrected chi connectivity index (χ0v) is 11.7. The van der Waals surface area contributed by atoms with Gasteiger partial charge in [0.2, 0.25) is 0 Å². The van der Waals surface area contributed by atoms with Gasteiger partial charge in [-0.15, -0.1) is 0 Å². The summed E-state index contributed by atoms with van der Waals surface area (Å²) in [7, 11) is 0. The molecule has 0 radical (unpaired) electrons. The number of hydrogen-bond donors (Lipinski definition) is 1. The molecule has 0 amide bonds. The smallest absolute Gasteiger partial charge is 0.122 e. The molecule has 1 N–H and O–H groups in total. The minimum Gasteiger partial charge on any atom is -0.468 e. The van der Waals surface area contributed by atoms with E-state index < -0.39 is 0 Å². The van der Waals surface area contributed by atoms with Crippen molar-refractivity contribution >= 4 is 0 Å². The molecule has 102 valence electrons. The molecule has 0 aromatic carbocycles. The number of furan rings is 1. The lowest BCUT2D eigenvalue weighted by Crippen LogP contribution is -2.27. The third kappa shape index (κ3) is 3.85. The van der Waals surface area contributed by atoms with Crippen LogP contribution in [-0.4, -0.2) is 24.0 Å². The number of hydrogen-bond acceptors (Lipinski definition) is 3. The summed E-state index contributed by atoms with van der Waals surface area (Å²) in [6.07, 6.45) is 6.98. The highest BCUT2D eigenvalue weighted by molar-refractivity contribution is 5.17. The van der Waals surface area contributed by atoms with E-state index in [1.165, 1.54) is 37.8 Å². The largest absolute Gasteiger partial charge is 0.468 e. The Labute approximate surface area is 111 Å². The van der Waals surface area contributed by atoms with Gasteiger partial charge in [0.05, 0.1) is 12.8 Å². The summed E-state index contributed by atoms with van der Waals surface area (Å²) >= 11 is 0. The lowest BCUT2D eigenvalue weighted by Gasteiger charge is -2.21. The van der Waals surface area contributed by atoms with E-state index in [0.717, 1.165) is 31.4 Å². The molecule has 2 rings (SSSR count). The van der Waals surface area contributed by atoms with Crippen molar-refractivity contribution in [3.05, 3.63) is 23.7 Å². The Balaban J connectivity index is 1.88. The van der Waals surface area contributed by atoms with Crippen molar-refractivity contribution in [3.63, 3.8) is 0 Å². The summed E-state index contributed by atoms with van der Waals surface area (Å²) in [4.78, 5) is 2.61.